The average Bonchev–Trinajstić information content (AvgIpc) is 3.63. The molecule has 1 atom stereocenters. The minimum atomic E-state index is -0.970. The van der Waals surface area contributed by atoms with Crippen molar-refractivity contribution in [3.05, 3.63) is 111 Å². The number of benzene rings is 2. The molecule has 11 heteroatoms. The zero-order valence-corrected chi connectivity index (χ0v) is 24.7. The van der Waals surface area contributed by atoms with Gasteiger partial charge in [0.1, 0.15) is 11.3 Å². The predicted molar refractivity (Wildman–Crippen MR) is 162 cm³/mol. The number of aliphatic hydroxyl groups excluding tert-OH is 1. The number of anilines is 1. The van der Waals surface area contributed by atoms with Gasteiger partial charge < -0.3 is 9.51 Å². The Bertz CT molecular complexity index is 1860. The Kier molecular flexibility index (Phi) is 7.14. The molecule has 1 fully saturated rings. The molecule has 0 spiro atoms. The van der Waals surface area contributed by atoms with Gasteiger partial charge in [0.2, 0.25) is 5.13 Å². The fourth-order valence-corrected chi connectivity index (χ4v) is 6.91. The third kappa shape index (κ3) is 4.92. The van der Waals surface area contributed by atoms with Crippen molar-refractivity contribution in [3.63, 3.8) is 0 Å². The van der Waals surface area contributed by atoms with Gasteiger partial charge in [-0.1, -0.05) is 82.7 Å². The van der Waals surface area contributed by atoms with E-state index in [0.717, 1.165) is 11.1 Å². The standard InChI is InChI=1S/C30H24ClN5O3S2/c1-16-9-11-19(12-10-16)15-40-30-34-33-29(41-30)36-24(20-7-4-8-21(31)14-20)22(26(38)28(36)39)25(37)23-18(3)35-13-5-6-17(2)27(35)32-23/h4-14,24,37H,15H2,1-3H3/b25-22+. The number of halogens is 1. The summed E-state index contributed by atoms with van der Waals surface area (Å²) in [5, 5.41) is 20.9. The van der Waals surface area contributed by atoms with Crippen molar-refractivity contribution in [2.45, 2.75) is 36.9 Å². The van der Waals surface area contributed by atoms with Gasteiger partial charge in [-0.05, 0) is 55.7 Å². The van der Waals surface area contributed by atoms with Crippen LogP contribution in [0, 0.1) is 20.8 Å². The molecule has 3 aromatic heterocycles. The highest BCUT2D eigenvalue weighted by molar-refractivity contribution is 8.00. The molecule has 41 heavy (non-hydrogen) atoms. The third-order valence-electron chi connectivity index (χ3n) is 7.00. The maximum absolute atomic E-state index is 13.6. The van der Waals surface area contributed by atoms with Crippen molar-refractivity contribution in [2.75, 3.05) is 4.90 Å². The smallest absolute Gasteiger partial charge is 0.301 e. The van der Waals surface area contributed by atoms with E-state index in [1.54, 1.807) is 31.2 Å². The van der Waals surface area contributed by atoms with Crippen LogP contribution in [0.5, 0.6) is 0 Å². The molecule has 0 radical (unpaired) electrons. The van der Waals surface area contributed by atoms with Gasteiger partial charge in [-0.3, -0.25) is 14.5 Å². The van der Waals surface area contributed by atoms with Crippen LogP contribution in [-0.4, -0.2) is 36.4 Å². The van der Waals surface area contributed by atoms with Crippen LogP contribution in [0.1, 0.15) is 39.7 Å². The number of rotatable bonds is 6. The molecule has 206 valence electrons. The number of hydrogen-bond acceptors (Lipinski definition) is 8. The summed E-state index contributed by atoms with van der Waals surface area (Å²) in [6, 6.07) is 17.9. The van der Waals surface area contributed by atoms with Gasteiger partial charge in [0.15, 0.2) is 10.1 Å². The van der Waals surface area contributed by atoms with Crippen molar-refractivity contribution in [3.8, 4) is 0 Å². The molecule has 1 unspecified atom stereocenters. The highest BCUT2D eigenvalue weighted by atomic mass is 35.5. The number of amides is 1. The van der Waals surface area contributed by atoms with E-state index in [2.05, 4.69) is 39.4 Å². The molecule has 1 saturated heterocycles. The van der Waals surface area contributed by atoms with Crippen LogP contribution < -0.4 is 4.90 Å². The lowest BCUT2D eigenvalue weighted by Crippen LogP contribution is -2.29. The minimum Gasteiger partial charge on any atom is -0.505 e. The van der Waals surface area contributed by atoms with Gasteiger partial charge in [-0.25, -0.2) is 4.98 Å². The van der Waals surface area contributed by atoms with Gasteiger partial charge in [-0.15, -0.1) is 10.2 Å². The molecule has 0 bridgehead atoms. The number of carbonyl (C=O) groups excluding carboxylic acids is 2. The minimum absolute atomic E-state index is 0.0783. The molecule has 1 aliphatic rings. The average molecular weight is 602 g/mol. The summed E-state index contributed by atoms with van der Waals surface area (Å²) in [5.41, 5.74) is 5.23. The van der Waals surface area contributed by atoms with Gasteiger partial charge >= 0.3 is 5.91 Å². The highest BCUT2D eigenvalue weighted by Crippen LogP contribution is 2.44. The summed E-state index contributed by atoms with van der Waals surface area (Å²) in [4.78, 5) is 33.1. The fraction of sp³-hybridized carbons (Fsp3) is 0.167. The third-order valence-corrected chi connectivity index (χ3v) is 9.36. The molecule has 0 saturated carbocycles. The molecule has 1 aliphatic heterocycles. The van der Waals surface area contributed by atoms with E-state index in [1.807, 2.05) is 36.6 Å². The number of aryl methyl sites for hydroxylation is 3. The Morgan fingerprint density at radius 1 is 1.05 bits per heavy atom. The number of Topliss-reactive ketones (excluding diaryl/α,β-unsaturated/α-hetero) is 1. The van der Waals surface area contributed by atoms with Crippen LogP contribution in [0.15, 0.2) is 76.8 Å². The van der Waals surface area contributed by atoms with E-state index in [4.69, 9.17) is 11.6 Å². The molecule has 0 aliphatic carbocycles. The Balaban J connectivity index is 1.43. The summed E-state index contributed by atoms with van der Waals surface area (Å²) in [6.07, 6.45) is 1.84. The van der Waals surface area contributed by atoms with E-state index in [9.17, 15) is 14.7 Å². The zero-order valence-electron chi connectivity index (χ0n) is 22.3. The second-order valence-electron chi connectivity index (χ2n) is 9.78. The number of aromatic nitrogens is 4. The number of thioether (sulfide) groups is 1. The molecule has 4 heterocycles. The van der Waals surface area contributed by atoms with Crippen molar-refractivity contribution >= 4 is 62.9 Å². The molecule has 2 aromatic carbocycles. The number of nitrogens with zero attached hydrogens (tertiary/aromatic N) is 5. The summed E-state index contributed by atoms with van der Waals surface area (Å²) < 4.78 is 2.50. The quantitative estimate of drug-likeness (QED) is 0.0761. The number of imidazole rings is 1. The zero-order chi connectivity index (χ0) is 28.8. The second-order valence-corrected chi connectivity index (χ2v) is 12.4. The van der Waals surface area contributed by atoms with Gasteiger partial charge in [0.05, 0.1) is 17.3 Å². The van der Waals surface area contributed by atoms with E-state index in [0.29, 0.717) is 32.0 Å². The Labute approximate surface area is 249 Å². The van der Waals surface area contributed by atoms with Gasteiger partial charge in [0.25, 0.3) is 5.78 Å². The monoisotopic (exact) mass is 601 g/mol. The van der Waals surface area contributed by atoms with E-state index < -0.39 is 17.7 Å². The number of hydrogen-bond donors (Lipinski definition) is 1. The summed E-state index contributed by atoms with van der Waals surface area (Å²) in [5.74, 6) is -1.31. The molecule has 6 rings (SSSR count). The van der Waals surface area contributed by atoms with Crippen LogP contribution in [0.3, 0.4) is 0 Å². The highest BCUT2D eigenvalue weighted by Gasteiger charge is 2.49. The number of fused-ring (bicyclic) bond motifs is 1. The maximum atomic E-state index is 13.6. The van der Waals surface area contributed by atoms with Crippen molar-refractivity contribution in [1.29, 1.82) is 0 Å². The predicted octanol–water partition coefficient (Wildman–Crippen LogP) is 6.68. The Morgan fingerprint density at radius 2 is 1.83 bits per heavy atom. The number of pyridine rings is 1. The summed E-state index contributed by atoms with van der Waals surface area (Å²) in [6.45, 7) is 5.76. The lowest BCUT2D eigenvalue weighted by atomic mass is 9.96. The number of ketones is 1. The van der Waals surface area contributed by atoms with Crippen LogP contribution in [-0.2, 0) is 15.3 Å². The molecule has 8 nitrogen and oxygen atoms in total. The van der Waals surface area contributed by atoms with Crippen molar-refractivity contribution in [2.24, 2.45) is 0 Å². The second kappa shape index (κ2) is 10.8. The van der Waals surface area contributed by atoms with Crippen LogP contribution in [0.2, 0.25) is 5.02 Å². The van der Waals surface area contributed by atoms with Gasteiger partial charge in [-0.2, -0.15) is 0 Å². The first-order chi connectivity index (χ1) is 19.7. The van der Waals surface area contributed by atoms with E-state index in [-0.39, 0.29) is 22.2 Å². The summed E-state index contributed by atoms with van der Waals surface area (Å²) in [7, 11) is 0. The molecule has 1 amide bonds. The van der Waals surface area contributed by atoms with Crippen LogP contribution in [0.25, 0.3) is 11.4 Å². The van der Waals surface area contributed by atoms with E-state index >= 15 is 0 Å². The van der Waals surface area contributed by atoms with E-state index in [1.165, 1.54) is 33.6 Å². The first kappa shape index (κ1) is 27.2. The normalized spacial score (nSPS) is 16.7. The topological polar surface area (TPSA) is 101 Å². The van der Waals surface area contributed by atoms with Crippen molar-refractivity contribution < 1.29 is 14.7 Å². The van der Waals surface area contributed by atoms with Crippen LogP contribution >= 0.6 is 34.7 Å². The van der Waals surface area contributed by atoms with Crippen molar-refractivity contribution in [1.82, 2.24) is 19.6 Å². The van der Waals surface area contributed by atoms with Gasteiger partial charge in [0, 0.05) is 17.0 Å². The maximum Gasteiger partial charge on any atom is 0.301 e. The molecule has 1 N–H and O–H groups in total. The lowest BCUT2D eigenvalue weighted by Gasteiger charge is -2.22. The lowest BCUT2D eigenvalue weighted by molar-refractivity contribution is -0.132. The SMILES string of the molecule is Cc1ccc(CSc2nnc(N3C(=O)C(=O)/C(=C(/O)c4nc5c(C)cccn5c4C)C3c3cccc(Cl)c3)s2)cc1. The number of aliphatic hydroxyl groups is 1. The van der Waals surface area contributed by atoms with Crippen LogP contribution in [0.4, 0.5) is 5.13 Å². The fourth-order valence-electron chi connectivity index (χ4n) is 4.88. The largest absolute Gasteiger partial charge is 0.505 e. The molecule has 5 aromatic rings. The molecular weight excluding hydrogens is 578 g/mol. The Morgan fingerprint density at radius 3 is 2.56 bits per heavy atom. The summed E-state index contributed by atoms with van der Waals surface area (Å²) >= 11 is 9.05. The Hall–Kier alpha value is -3.99. The first-order valence-electron chi connectivity index (χ1n) is 12.8. The number of carbonyl (C=O) groups is 2. The first-order valence-corrected chi connectivity index (χ1v) is 14.9. The molecular formula is C30H24ClN5O3S2.